The number of esters is 1. The van der Waals surface area contributed by atoms with Gasteiger partial charge in [0.05, 0.1) is 18.8 Å². The van der Waals surface area contributed by atoms with Crippen LogP contribution in [0.2, 0.25) is 0 Å². The summed E-state index contributed by atoms with van der Waals surface area (Å²) < 4.78 is 10.8. The van der Waals surface area contributed by atoms with Gasteiger partial charge in [-0.15, -0.1) is 0 Å². The van der Waals surface area contributed by atoms with E-state index in [9.17, 15) is 4.79 Å². The van der Waals surface area contributed by atoms with Crippen molar-refractivity contribution in [2.24, 2.45) is 0 Å². The van der Waals surface area contributed by atoms with Crippen molar-refractivity contribution in [3.63, 3.8) is 0 Å². The average Bonchev–Trinajstić information content (AvgIpc) is 2.89. The van der Waals surface area contributed by atoms with E-state index in [1.165, 1.54) is 0 Å². The van der Waals surface area contributed by atoms with Crippen molar-refractivity contribution in [1.82, 2.24) is 0 Å². The van der Waals surface area contributed by atoms with Crippen LogP contribution in [0.3, 0.4) is 0 Å². The largest absolute Gasteiger partial charge is 0.423 e. The maximum absolute atomic E-state index is 12.0. The Bertz CT molecular complexity index is 576. The van der Waals surface area contributed by atoms with E-state index >= 15 is 0 Å². The van der Waals surface area contributed by atoms with Crippen LogP contribution in [-0.2, 0) is 18.0 Å². The summed E-state index contributed by atoms with van der Waals surface area (Å²) in [6.07, 6.45) is 0. The Hall–Kier alpha value is -2.13. The molecule has 2 aromatic carbocycles. The Morgan fingerprint density at radius 3 is 2.67 bits per heavy atom. The predicted molar refractivity (Wildman–Crippen MR) is 66.3 cm³/mol. The summed E-state index contributed by atoms with van der Waals surface area (Å²) in [6, 6.07) is 14.6. The van der Waals surface area contributed by atoms with Crippen LogP contribution in [0.4, 0.5) is 0 Å². The molecule has 0 saturated heterocycles. The summed E-state index contributed by atoms with van der Waals surface area (Å²) in [6.45, 7) is 1.10. The number of benzene rings is 2. The molecular formula is C15H12O3. The van der Waals surface area contributed by atoms with Gasteiger partial charge >= 0.3 is 5.97 Å². The fourth-order valence-corrected chi connectivity index (χ4v) is 2.00. The molecule has 0 amide bonds. The highest BCUT2D eigenvalue weighted by atomic mass is 16.5. The van der Waals surface area contributed by atoms with Crippen molar-refractivity contribution in [3.05, 3.63) is 65.2 Å². The van der Waals surface area contributed by atoms with E-state index < -0.39 is 0 Å². The van der Waals surface area contributed by atoms with Gasteiger partial charge in [-0.2, -0.15) is 0 Å². The molecule has 0 aliphatic carbocycles. The normalized spacial score (nSPS) is 13.1. The standard InChI is InChI=1S/C15H12O3/c16-15(11-5-2-1-3-6-11)18-14-8-4-7-12-9-17-10-13(12)14/h1-8H,9-10H2. The second kappa shape index (κ2) is 4.63. The van der Waals surface area contributed by atoms with Crippen molar-refractivity contribution < 1.29 is 14.3 Å². The van der Waals surface area contributed by atoms with E-state index in [0.717, 1.165) is 11.1 Å². The van der Waals surface area contributed by atoms with Gasteiger partial charge in [0.25, 0.3) is 0 Å². The molecule has 1 aliphatic heterocycles. The molecule has 3 heteroatoms. The first kappa shape index (κ1) is 11.0. The minimum absolute atomic E-state index is 0.337. The minimum atomic E-state index is -0.337. The lowest BCUT2D eigenvalue weighted by molar-refractivity contribution is 0.0729. The third-order valence-corrected chi connectivity index (χ3v) is 2.95. The SMILES string of the molecule is O=C(Oc1cccc2c1COC2)c1ccccc1. The van der Waals surface area contributed by atoms with Crippen LogP contribution < -0.4 is 4.74 Å². The van der Waals surface area contributed by atoms with Crippen molar-refractivity contribution in [2.75, 3.05) is 0 Å². The number of fused-ring (bicyclic) bond motifs is 1. The Morgan fingerprint density at radius 1 is 1.00 bits per heavy atom. The maximum Gasteiger partial charge on any atom is 0.343 e. The molecule has 90 valence electrons. The highest BCUT2D eigenvalue weighted by Gasteiger charge is 2.18. The number of hydrogen-bond acceptors (Lipinski definition) is 3. The first-order chi connectivity index (χ1) is 8.84. The summed E-state index contributed by atoms with van der Waals surface area (Å²) in [5.74, 6) is 0.259. The molecule has 0 fully saturated rings. The molecule has 0 atom stereocenters. The van der Waals surface area contributed by atoms with Crippen molar-refractivity contribution >= 4 is 5.97 Å². The van der Waals surface area contributed by atoms with Crippen LogP contribution >= 0.6 is 0 Å². The molecule has 3 nitrogen and oxygen atoms in total. The summed E-state index contributed by atoms with van der Waals surface area (Å²) in [5.41, 5.74) is 2.61. The minimum Gasteiger partial charge on any atom is -0.423 e. The fourth-order valence-electron chi connectivity index (χ4n) is 2.00. The van der Waals surface area contributed by atoms with Crippen LogP contribution in [0, 0.1) is 0 Å². The monoisotopic (exact) mass is 240 g/mol. The first-order valence-corrected chi connectivity index (χ1v) is 5.80. The number of carbonyl (C=O) groups excluding carboxylic acids is 1. The first-order valence-electron chi connectivity index (χ1n) is 5.80. The zero-order valence-electron chi connectivity index (χ0n) is 9.76. The van der Waals surface area contributed by atoms with Crippen molar-refractivity contribution in [3.8, 4) is 5.75 Å². The van der Waals surface area contributed by atoms with Gasteiger partial charge in [-0.3, -0.25) is 0 Å². The predicted octanol–water partition coefficient (Wildman–Crippen LogP) is 2.94. The van der Waals surface area contributed by atoms with Gasteiger partial charge in [0.1, 0.15) is 5.75 Å². The Kier molecular flexibility index (Phi) is 2.82. The average molecular weight is 240 g/mol. The lowest BCUT2D eigenvalue weighted by atomic mass is 10.1. The molecule has 0 unspecified atom stereocenters. The van der Waals surface area contributed by atoms with E-state index in [1.807, 2.05) is 30.3 Å². The van der Waals surface area contributed by atoms with Gasteiger partial charge < -0.3 is 9.47 Å². The van der Waals surface area contributed by atoms with E-state index in [2.05, 4.69) is 0 Å². The summed E-state index contributed by atoms with van der Waals surface area (Å²) in [4.78, 5) is 12.0. The zero-order chi connectivity index (χ0) is 12.4. The second-order valence-electron chi connectivity index (χ2n) is 4.14. The van der Waals surface area contributed by atoms with Gasteiger partial charge in [-0.1, -0.05) is 30.3 Å². The third-order valence-electron chi connectivity index (χ3n) is 2.95. The fraction of sp³-hybridized carbons (Fsp3) is 0.133. The summed E-state index contributed by atoms with van der Waals surface area (Å²) >= 11 is 0. The lowest BCUT2D eigenvalue weighted by Gasteiger charge is -2.08. The third kappa shape index (κ3) is 2.00. The highest BCUT2D eigenvalue weighted by Crippen LogP contribution is 2.29. The molecule has 0 spiro atoms. The smallest absolute Gasteiger partial charge is 0.343 e. The molecule has 0 N–H and O–H groups in total. The van der Waals surface area contributed by atoms with Crippen molar-refractivity contribution in [2.45, 2.75) is 13.2 Å². The van der Waals surface area contributed by atoms with Gasteiger partial charge in [-0.05, 0) is 23.8 Å². The van der Waals surface area contributed by atoms with Crippen molar-refractivity contribution in [1.29, 1.82) is 0 Å². The van der Waals surface area contributed by atoms with Gasteiger partial charge in [0.15, 0.2) is 0 Å². The number of rotatable bonds is 2. The number of ether oxygens (including phenoxy) is 2. The quantitative estimate of drug-likeness (QED) is 0.598. The van der Waals surface area contributed by atoms with Crippen LogP contribution in [0.1, 0.15) is 21.5 Å². The molecule has 18 heavy (non-hydrogen) atoms. The lowest BCUT2D eigenvalue weighted by Crippen LogP contribution is -2.09. The Labute approximate surface area is 105 Å². The molecule has 0 aromatic heterocycles. The number of hydrogen-bond donors (Lipinski definition) is 0. The molecule has 1 heterocycles. The van der Waals surface area contributed by atoms with E-state index in [0.29, 0.717) is 24.5 Å². The van der Waals surface area contributed by atoms with E-state index in [1.54, 1.807) is 18.2 Å². The molecule has 2 aromatic rings. The molecule has 0 bridgehead atoms. The van der Waals surface area contributed by atoms with Gasteiger partial charge in [0.2, 0.25) is 0 Å². The topological polar surface area (TPSA) is 35.5 Å². The second-order valence-corrected chi connectivity index (χ2v) is 4.14. The number of carbonyl (C=O) groups is 1. The summed E-state index contributed by atoms with van der Waals surface area (Å²) in [7, 11) is 0. The molecule has 3 rings (SSSR count). The van der Waals surface area contributed by atoms with Gasteiger partial charge in [-0.25, -0.2) is 4.79 Å². The van der Waals surface area contributed by atoms with Crippen LogP contribution in [-0.4, -0.2) is 5.97 Å². The van der Waals surface area contributed by atoms with E-state index in [4.69, 9.17) is 9.47 Å². The Balaban J connectivity index is 1.86. The molecule has 0 saturated carbocycles. The molecular weight excluding hydrogens is 228 g/mol. The van der Waals surface area contributed by atoms with Crippen LogP contribution in [0.25, 0.3) is 0 Å². The van der Waals surface area contributed by atoms with Gasteiger partial charge in [0, 0.05) is 5.56 Å². The van der Waals surface area contributed by atoms with Crippen LogP contribution in [0.5, 0.6) is 5.75 Å². The Morgan fingerprint density at radius 2 is 1.83 bits per heavy atom. The highest BCUT2D eigenvalue weighted by molar-refractivity contribution is 5.91. The zero-order valence-corrected chi connectivity index (χ0v) is 9.76. The molecule has 1 aliphatic rings. The van der Waals surface area contributed by atoms with Crippen LogP contribution in [0.15, 0.2) is 48.5 Å². The maximum atomic E-state index is 12.0. The summed E-state index contributed by atoms with van der Waals surface area (Å²) in [5, 5.41) is 0. The van der Waals surface area contributed by atoms with E-state index in [-0.39, 0.29) is 5.97 Å². The molecule has 0 radical (unpaired) electrons.